The molecule has 0 radical (unpaired) electrons. The van der Waals surface area contributed by atoms with E-state index < -0.39 is 0 Å². The van der Waals surface area contributed by atoms with Crippen LogP contribution in [0.25, 0.3) is 21.6 Å². The maximum absolute atomic E-state index is 13.2. The van der Waals surface area contributed by atoms with Gasteiger partial charge in [0.05, 0.1) is 10.8 Å². The van der Waals surface area contributed by atoms with Gasteiger partial charge >= 0.3 is 0 Å². The normalized spacial score (nSPS) is 15.7. The average Bonchev–Trinajstić information content (AvgIpc) is 3.27. The van der Waals surface area contributed by atoms with Crippen LogP contribution in [0.3, 0.4) is 0 Å². The monoisotopic (exact) mass is 366 g/mol. The highest BCUT2D eigenvalue weighted by Crippen LogP contribution is 2.49. The van der Waals surface area contributed by atoms with E-state index in [1.807, 2.05) is 30.3 Å². The Kier molecular flexibility index (Phi) is 3.99. The van der Waals surface area contributed by atoms with Gasteiger partial charge in [-0.15, -0.1) is 11.3 Å². The van der Waals surface area contributed by atoms with Crippen LogP contribution in [-0.4, -0.2) is 5.78 Å². The minimum atomic E-state index is -0.0558. The van der Waals surface area contributed by atoms with E-state index in [1.54, 1.807) is 11.3 Å². The molecule has 0 fully saturated rings. The van der Waals surface area contributed by atoms with Crippen molar-refractivity contribution in [2.24, 2.45) is 0 Å². The van der Waals surface area contributed by atoms with Gasteiger partial charge in [0.1, 0.15) is 0 Å². The Morgan fingerprint density at radius 3 is 1.85 bits per heavy atom. The maximum atomic E-state index is 13.2. The molecule has 1 heterocycles. The number of carbonyl (C=O) groups is 1. The Morgan fingerprint density at radius 1 is 0.667 bits per heavy atom. The highest BCUT2D eigenvalue weighted by molar-refractivity contribution is 7.18. The summed E-state index contributed by atoms with van der Waals surface area (Å²) < 4.78 is 0. The maximum Gasteiger partial charge on any atom is 0.180 e. The van der Waals surface area contributed by atoms with Crippen molar-refractivity contribution in [3.63, 3.8) is 0 Å². The summed E-state index contributed by atoms with van der Waals surface area (Å²) in [5.41, 5.74) is 5.93. The Labute approximate surface area is 162 Å². The van der Waals surface area contributed by atoms with Crippen LogP contribution in [0, 0.1) is 0 Å². The van der Waals surface area contributed by atoms with E-state index in [2.05, 4.69) is 60.7 Å². The zero-order chi connectivity index (χ0) is 18.2. The number of ketones is 1. The fraction of sp³-hybridized carbons (Fsp3) is 0.0800. The average molecular weight is 366 g/mol. The summed E-state index contributed by atoms with van der Waals surface area (Å²) in [5.74, 6) is 0.209. The fourth-order valence-electron chi connectivity index (χ4n) is 3.97. The molecule has 27 heavy (non-hydrogen) atoms. The molecule has 1 aliphatic rings. The van der Waals surface area contributed by atoms with Gasteiger partial charge in [-0.2, -0.15) is 0 Å². The van der Waals surface area contributed by atoms with E-state index in [0.717, 1.165) is 16.9 Å². The van der Waals surface area contributed by atoms with Gasteiger partial charge in [-0.25, -0.2) is 0 Å². The molecule has 0 spiro atoms. The molecule has 0 N–H and O–H groups in total. The number of rotatable bonds is 3. The lowest BCUT2D eigenvalue weighted by Gasteiger charge is -2.11. The van der Waals surface area contributed by atoms with Crippen LogP contribution >= 0.6 is 11.3 Å². The molecule has 3 aromatic carbocycles. The molecular weight excluding hydrogens is 348 g/mol. The molecule has 1 unspecified atom stereocenters. The fourth-order valence-corrected chi connectivity index (χ4v) is 5.32. The van der Waals surface area contributed by atoms with Gasteiger partial charge in [-0.05, 0) is 28.7 Å². The van der Waals surface area contributed by atoms with Crippen molar-refractivity contribution in [1.82, 2.24) is 0 Å². The van der Waals surface area contributed by atoms with E-state index in [1.165, 1.54) is 27.1 Å². The second kappa shape index (κ2) is 6.64. The van der Waals surface area contributed by atoms with Gasteiger partial charge in [0.2, 0.25) is 0 Å². The van der Waals surface area contributed by atoms with Crippen molar-refractivity contribution < 1.29 is 4.79 Å². The Balaban J connectivity index is 1.69. The van der Waals surface area contributed by atoms with Crippen molar-refractivity contribution >= 4 is 17.1 Å². The predicted molar refractivity (Wildman–Crippen MR) is 112 cm³/mol. The van der Waals surface area contributed by atoms with E-state index in [0.29, 0.717) is 0 Å². The minimum Gasteiger partial charge on any atom is -0.293 e. The third-order valence-electron chi connectivity index (χ3n) is 5.26. The zero-order valence-electron chi connectivity index (χ0n) is 14.8. The van der Waals surface area contributed by atoms with Gasteiger partial charge in [0.15, 0.2) is 5.78 Å². The van der Waals surface area contributed by atoms with Gasteiger partial charge in [0.25, 0.3) is 0 Å². The van der Waals surface area contributed by atoms with Crippen LogP contribution in [0.5, 0.6) is 0 Å². The van der Waals surface area contributed by atoms with Crippen molar-refractivity contribution in [2.75, 3.05) is 0 Å². The predicted octanol–water partition coefficient (Wildman–Crippen LogP) is 6.60. The summed E-state index contributed by atoms with van der Waals surface area (Å²) in [6.07, 6.45) is 0.783. The molecule has 1 aliphatic carbocycles. The molecule has 0 bridgehead atoms. The number of carbonyl (C=O) groups excluding carboxylic acids is 1. The quantitative estimate of drug-likeness (QED) is 0.399. The van der Waals surface area contributed by atoms with Gasteiger partial charge < -0.3 is 0 Å². The first kappa shape index (κ1) is 16.2. The second-order valence-electron chi connectivity index (χ2n) is 6.88. The summed E-state index contributed by atoms with van der Waals surface area (Å²) in [6, 6.07) is 31.1. The summed E-state index contributed by atoms with van der Waals surface area (Å²) >= 11 is 1.65. The Bertz CT molecular complexity index is 1100. The van der Waals surface area contributed by atoms with Crippen LogP contribution in [0.15, 0.2) is 91.0 Å². The van der Waals surface area contributed by atoms with Crippen molar-refractivity contribution in [2.45, 2.75) is 12.3 Å². The van der Waals surface area contributed by atoms with Gasteiger partial charge in [-0.1, -0.05) is 91.0 Å². The summed E-state index contributed by atoms with van der Waals surface area (Å²) in [4.78, 5) is 15.4. The highest BCUT2D eigenvalue weighted by atomic mass is 32.1. The Hall–Kier alpha value is -2.97. The molecule has 0 amide bonds. The topological polar surface area (TPSA) is 17.1 Å². The Morgan fingerprint density at radius 2 is 1.22 bits per heavy atom. The van der Waals surface area contributed by atoms with Crippen molar-refractivity contribution in [3.8, 4) is 21.6 Å². The minimum absolute atomic E-state index is 0.0558. The number of hydrogen-bond donors (Lipinski definition) is 0. The molecule has 5 rings (SSSR count). The lowest BCUT2D eigenvalue weighted by molar-refractivity contribution is 0.0976. The largest absolute Gasteiger partial charge is 0.293 e. The number of fused-ring (bicyclic) bond motifs is 1. The molecule has 0 saturated heterocycles. The number of benzene rings is 3. The molecule has 4 aromatic rings. The molecule has 130 valence electrons. The first-order valence-corrected chi connectivity index (χ1v) is 10.0. The van der Waals surface area contributed by atoms with Crippen LogP contribution in [0.1, 0.15) is 26.7 Å². The standard InChI is InChI=1S/C25H18OS/c26-23-20(17-10-4-1-5-11-17)16-21-22(18-12-6-2-7-13-18)24(27-25(21)23)19-14-8-3-9-15-19/h1-15,20H,16H2. The third-order valence-corrected chi connectivity index (χ3v) is 6.55. The molecule has 1 atom stereocenters. The van der Waals surface area contributed by atoms with Crippen molar-refractivity contribution in [3.05, 3.63) is 107 Å². The van der Waals surface area contributed by atoms with Gasteiger partial charge in [-0.3, -0.25) is 4.79 Å². The van der Waals surface area contributed by atoms with Crippen LogP contribution in [0.2, 0.25) is 0 Å². The summed E-state index contributed by atoms with van der Waals surface area (Å²) in [7, 11) is 0. The zero-order valence-corrected chi connectivity index (χ0v) is 15.6. The smallest absolute Gasteiger partial charge is 0.180 e. The molecule has 1 aromatic heterocycles. The number of thiophene rings is 1. The number of Topliss-reactive ketones (excluding diaryl/α,β-unsaturated/α-hetero) is 1. The van der Waals surface area contributed by atoms with E-state index in [-0.39, 0.29) is 11.7 Å². The number of hydrogen-bond acceptors (Lipinski definition) is 2. The molecule has 1 nitrogen and oxygen atoms in total. The van der Waals surface area contributed by atoms with Crippen LogP contribution < -0.4 is 0 Å². The second-order valence-corrected chi connectivity index (χ2v) is 7.90. The van der Waals surface area contributed by atoms with E-state index >= 15 is 0 Å². The lowest BCUT2D eigenvalue weighted by Crippen LogP contribution is -2.06. The molecule has 0 aliphatic heterocycles. The lowest BCUT2D eigenvalue weighted by atomic mass is 9.93. The van der Waals surface area contributed by atoms with Crippen LogP contribution in [0.4, 0.5) is 0 Å². The molecular formula is C25H18OS. The SMILES string of the molecule is O=C1c2sc(-c3ccccc3)c(-c3ccccc3)c2CC1c1ccccc1. The highest BCUT2D eigenvalue weighted by Gasteiger charge is 2.37. The summed E-state index contributed by atoms with van der Waals surface area (Å²) in [6.45, 7) is 0. The van der Waals surface area contributed by atoms with E-state index in [9.17, 15) is 4.79 Å². The van der Waals surface area contributed by atoms with Crippen LogP contribution in [-0.2, 0) is 6.42 Å². The van der Waals surface area contributed by atoms with E-state index in [4.69, 9.17) is 0 Å². The first-order valence-electron chi connectivity index (χ1n) is 9.18. The van der Waals surface area contributed by atoms with Gasteiger partial charge in [0, 0.05) is 10.4 Å². The van der Waals surface area contributed by atoms with Crippen molar-refractivity contribution in [1.29, 1.82) is 0 Å². The summed E-state index contributed by atoms with van der Waals surface area (Å²) in [5, 5.41) is 0. The first-order chi connectivity index (χ1) is 13.3. The third kappa shape index (κ3) is 2.73. The molecule has 2 heteroatoms. The molecule has 0 saturated carbocycles.